The van der Waals surface area contributed by atoms with Gasteiger partial charge in [0.25, 0.3) is 5.78 Å². The molecule has 4 aromatic rings. The fraction of sp³-hybridized carbons (Fsp3) is 0.143. The van der Waals surface area contributed by atoms with Crippen molar-refractivity contribution < 1.29 is 29.3 Å². The topological polar surface area (TPSA) is 122 Å². The molecule has 9 nitrogen and oxygen atoms in total. The summed E-state index contributed by atoms with van der Waals surface area (Å²) in [4.78, 5) is 28.0. The number of hydrogen-bond donors (Lipinski definition) is 2. The number of halogens is 1. The van der Waals surface area contributed by atoms with E-state index in [0.29, 0.717) is 45.4 Å². The predicted octanol–water partition coefficient (Wildman–Crippen LogP) is 5.59. The Balaban J connectivity index is 1.38. The summed E-state index contributed by atoms with van der Waals surface area (Å²) in [5.74, 6) is -0.642. The summed E-state index contributed by atoms with van der Waals surface area (Å²) < 4.78 is 11.8. The second-order valence-corrected chi connectivity index (χ2v) is 11.5. The Kier molecular flexibility index (Phi) is 7.09. The van der Waals surface area contributed by atoms with E-state index < -0.39 is 17.7 Å². The van der Waals surface area contributed by atoms with Crippen molar-refractivity contribution in [2.45, 2.75) is 16.1 Å². The molecule has 12 heteroatoms. The number of fused-ring (bicyclic) bond motifs is 1. The molecule has 1 unspecified atom stereocenters. The zero-order valence-electron chi connectivity index (χ0n) is 20.6. The number of phenols is 1. The second kappa shape index (κ2) is 10.8. The normalized spacial score (nSPS) is 17.8. The van der Waals surface area contributed by atoms with Crippen molar-refractivity contribution in [3.63, 3.8) is 0 Å². The summed E-state index contributed by atoms with van der Waals surface area (Å²) in [7, 11) is 0. The van der Waals surface area contributed by atoms with Crippen LogP contribution in [-0.2, 0) is 15.3 Å². The van der Waals surface area contributed by atoms with Crippen LogP contribution in [0.25, 0.3) is 5.76 Å². The van der Waals surface area contributed by atoms with Crippen LogP contribution in [-0.4, -0.2) is 45.3 Å². The molecule has 1 atom stereocenters. The molecule has 1 saturated heterocycles. The van der Waals surface area contributed by atoms with Gasteiger partial charge in [0.2, 0.25) is 5.13 Å². The van der Waals surface area contributed by atoms with Crippen LogP contribution in [0, 0.1) is 0 Å². The molecule has 3 aromatic carbocycles. The molecule has 6 rings (SSSR count). The summed E-state index contributed by atoms with van der Waals surface area (Å²) in [6, 6.07) is 17.4. The number of carbonyl (C=O) groups excluding carboxylic acids is 2. The van der Waals surface area contributed by atoms with E-state index in [-0.39, 0.29) is 27.8 Å². The van der Waals surface area contributed by atoms with Crippen LogP contribution in [0.2, 0.25) is 5.02 Å². The Morgan fingerprint density at radius 2 is 1.80 bits per heavy atom. The van der Waals surface area contributed by atoms with Gasteiger partial charge in [-0.3, -0.25) is 14.5 Å². The lowest BCUT2D eigenvalue weighted by Gasteiger charge is -2.23. The van der Waals surface area contributed by atoms with Crippen molar-refractivity contribution in [1.29, 1.82) is 0 Å². The van der Waals surface area contributed by atoms with E-state index in [2.05, 4.69) is 10.2 Å². The molecule has 0 aliphatic carbocycles. The van der Waals surface area contributed by atoms with Crippen LogP contribution in [0.5, 0.6) is 17.2 Å². The zero-order valence-corrected chi connectivity index (χ0v) is 23.0. The summed E-state index contributed by atoms with van der Waals surface area (Å²) in [5.41, 5.74) is 1.59. The highest BCUT2D eigenvalue weighted by molar-refractivity contribution is 8.00. The Bertz CT molecular complexity index is 1660. The number of hydrogen-bond acceptors (Lipinski definition) is 10. The Morgan fingerprint density at radius 3 is 2.58 bits per heavy atom. The molecule has 40 heavy (non-hydrogen) atoms. The quantitative estimate of drug-likeness (QED) is 0.0968. The number of benzene rings is 3. The van der Waals surface area contributed by atoms with Crippen molar-refractivity contribution in [2.24, 2.45) is 0 Å². The van der Waals surface area contributed by atoms with E-state index in [1.807, 2.05) is 12.1 Å². The number of carbonyl (C=O) groups is 2. The SMILES string of the molecule is O=C1C(=O)N(c2nnc(SCc3ccc(Cl)cc3)s2)C(c2cccc(O)c2)C1=C(O)c1ccc2c(c1)OCCO2. The van der Waals surface area contributed by atoms with Crippen LogP contribution in [0.15, 0.2) is 76.6 Å². The summed E-state index contributed by atoms with van der Waals surface area (Å²) in [5, 5.41) is 30.8. The number of amides is 1. The Labute approximate surface area is 241 Å². The minimum Gasteiger partial charge on any atom is -0.508 e. The first-order valence-electron chi connectivity index (χ1n) is 12.1. The molecule has 0 bridgehead atoms. The lowest BCUT2D eigenvalue weighted by molar-refractivity contribution is -0.132. The molecule has 3 heterocycles. The van der Waals surface area contributed by atoms with Gasteiger partial charge in [-0.2, -0.15) is 0 Å². The largest absolute Gasteiger partial charge is 0.508 e. The maximum atomic E-state index is 13.4. The zero-order chi connectivity index (χ0) is 27.8. The van der Waals surface area contributed by atoms with E-state index in [1.165, 1.54) is 28.8 Å². The highest BCUT2D eigenvalue weighted by atomic mass is 35.5. The third kappa shape index (κ3) is 4.99. The van der Waals surface area contributed by atoms with Gasteiger partial charge in [0.05, 0.1) is 11.6 Å². The maximum Gasteiger partial charge on any atom is 0.301 e. The number of ketones is 1. The first-order chi connectivity index (χ1) is 19.4. The van der Waals surface area contributed by atoms with Crippen LogP contribution in [0.3, 0.4) is 0 Å². The number of ether oxygens (including phenoxy) is 2. The molecule has 1 amide bonds. The number of aromatic hydroxyl groups is 1. The van der Waals surface area contributed by atoms with Gasteiger partial charge in [0.15, 0.2) is 15.8 Å². The molecule has 0 spiro atoms. The van der Waals surface area contributed by atoms with E-state index in [1.54, 1.807) is 42.5 Å². The van der Waals surface area contributed by atoms with Gasteiger partial charge < -0.3 is 19.7 Å². The number of nitrogens with zero attached hydrogens (tertiary/aromatic N) is 3. The van der Waals surface area contributed by atoms with Gasteiger partial charge in [-0.1, -0.05) is 59.0 Å². The van der Waals surface area contributed by atoms with E-state index in [4.69, 9.17) is 21.1 Å². The van der Waals surface area contributed by atoms with E-state index in [0.717, 1.165) is 16.9 Å². The highest BCUT2D eigenvalue weighted by Crippen LogP contribution is 2.45. The third-order valence-corrected chi connectivity index (χ3v) is 8.70. The van der Waals surface area contributed by atoms with Gasteiger partial charge in [-0.05, 0) is 53.6 Å². The van der Waals surface area contributed by atoms with Crippen LogP contribution < -0.4 is 14.4 Å². The maximum absolute atomic E-state index is 13.4. The number of aliphatic hydroxyl groups is 1. The molecule has 1 fully saturated rings. The van der Waals surface area contributed by atoms with E-state index in [9.17, 15) is 19.8 Å². The summed E-state index contributed by atoms with van der Waals surface area (Å²) in [6.45, 7) is 0.753. The number of Topliss-reactive ketones (excluding diaryl/α,β-unsaturated/α-hetero) is 1. The number of anilines is 1. The monoisotopic (exact) mass is 593 g/mol. The van der Waals surface area contributed by atoms with Crippen LogP contribution in [0.1, 0.15) is 22.7 Å². The van der Waals surface area contributed by atoms with Gasteiger partial charge in [0, 0.05) is 16.3 Å². The van der Waals surface area contributed by atoms with E-state index >= 15 is 0 Å². The first kappa shape index (κ1) is 26.2. The fourth-order valence-electron chi connectivity index (χ4n) is 4.47. The second-order valence-electron chi connectivity index (χ2n) is 8.89. The Hall–Kier alpha value is -4.06. The van der Waals surface area contributed by atoms with Crippen molar-refractivity contribution in [3.8, 4) is 17.2 Å². The molecule has 0 saturated carbocycles. The van der Waals surface area contributed by atoms with Crippen molar-refractivity contribution >= 4 is 57.3 Å². The fourth-order valence-corrected chi connectivity index (χ4v) is 6.42. The van der Waals surface area contributed by atoms with Crippen molar-refractivity contribution in [2.75, 3.05) is 18.1 Å². The standard InChI is InChI=1S/C28H20ClN3O6S2/c29-18-7-4-15(5-8-18)14-39-28-31-30-27(40-28)32-23(16-2-1-3-19(33)12-16)22(25(35)26(32)36)24(34)17-6-9-20-21(13-17)38-11-10-37-20/h1-9,12-13,23,33-34H,10-11,14H2. The average Bonchev–Trinajstić information content (AvgIpc) is 3.54. The van der Waals surface area contributed by atoms with Gasteiger partial charge in [-0.15, -0.1) is 10.2 Å². The Morgan fingerprint density at radius 1 is 1.02 bits per heavy atom. The summed E-state index contributed by atoms with van der Waals surface area (Å²) in [6.07, 6.45) is 0. The lowest BCUT2D eigenvalue weighted by Crippen LogP contribution is -2.29. The smallest absolute Gasteiger partial charge is 0.301 e. The molecule has 2 aliphatic rings. The van der Waals surface area contributed by atoms with Gasteiger partial charge in [0.1, 0.15) is 24.7 Å². The number of aliphatic hydroxyl groups excluding tert-OH is 1. The first-order valence-corrected chi connectivity index (χ1v) is 14.3. The van der Waals surface area contributed by atoms with Gasteiger partial charge >= 0.3 is 5.91 Å². The minimum absolute atomic E-state index is 0.0566. The molecule has 1 aromatic heterocycles. The van der Waals surface area contributed by atoms with Crippen molar-refractivity contribution in [3.05, 3.63) is 94.0 Å². The van der Waals surface area contributed by atoms with Gasteiger partial charge in [-0.25, -0.2) is 0 Å². The third-order valence-electron chi connectivity index (χ3n) is 6.32. The predicted molar refractivity (Wildman–Crippen MR) is 151 cm³/mol. The number of rotatable bonds is 6. The number of aromatic nitrogens is 2. The lowest BCUT2D eigenvalue weighted by atomic mass is 9.95. The van der Waals surface area contributed by atoms with Crippen LogP contribution in [0.4, 0.5) is 5.13 Å². The average molecular weight is 594 g/mol. The molecule has 0 radical (unpaired) electrons. The summed E-state index contributed by atoms with van der Waals surface area (Å²) >= 11 is 8.55. The molecule has 202 valence electrons. The molecular weight excluding hydrogens is 574 g/mol. The highest BCUT2D eigenvalue weighted by Gasteiger charge is 2.48. The van der Waals surface area contributed by atoms with Crippen molar-refractivity contribution in [1.82, 2.24) is 10.2 Å². The number of phenolic OH excluding ortho intramolecular Hbond substituents is 1. The number of thioether (sulfide) groups is 1. The minimum atomic E-state index is -1.05. The molecule has 2 N–H and O–H groups in total. The van der Waals surface area contributed by atoms with Crippen LogP contribution >= 0.6 is 34.7 Å². The molecular formula is C28H20ClN3O6S2. The molecule has 2 aliphatic heterocycles.